The van der Waals surface area contributed by atoms with E-state index in [0.29, 0.717) is 4.47 Å². The maximum Gasteiger partial charge on any atom is 0.335 e. The molecule has 1 aromatic heterocycles. The van der Waals surface area contributed by atoms with Gasteiger partial charge in [-0.15, -0.1) is 0 Å². The third-order valence-electron chi connectivity index (χ3n) is 2.22. The number of carboxylic acids is 1. The molecule has 2 rings (SSSR count). The second-order valence-corrected chi connectivity index (χ2v) is 6.03. The predicted molar refractivity (Wildman–Crippen MR) is 70.5 cm³/mol. The second-order valence-electron chi connectivity index (χ2n) is 3.53. The Morgan fingerprint density at radius 2 is 2.11 bits per heavy atom. The van der Waals surface area contributed by atoms with Crippen LogP contribution in [0.1, 0.15) is 10.4 Å². The molecule has 0 bridgehead atoms. The van der Waals surface area contributed by atoms with Crippen LogP contribution in [0.15, 0.2) is 40.0 Å². The van der Waals surface area contributed by atoms with E-state index < -0.39 is 16.0 Å². The van der Waals surface area contributed by atoms with Crippen LogP contribution in [0.2, 0.25) is 0 Å². The Bertz CT molecular complexity index is 712. The van der Waals surface area contributed by atoms with Crippen molar-refractivity contribution in [2.24, 2.45) is 0 Å². The van der Waals surface area contributed by atoms with E-state index in [1.165, 1.54) is 30.5 Å². The SMILES string of the molecule is O=C(O)c1ccc(Br)c(NS(=O)(=O)c2ccn[nH]2)c1. The number of rotatable bonds is 4. The van der Waals surface area contributed by atoms with Crippen molar-refractivity contribution in [2.75, 3.05) is 4.72 Å². The molecule has 0 aliphatic carbocycles. The van der Waals surface area contributed by atoms with Gasteiger partial charge in [0, 0.05) is 4.47 Å². The molecule has 2 aromatic rings. The number of nitrogens with zero attached hydrogens (tertiary/aromatic N) is 1. The van der Waals surface area contributed by atoms with Crippen LogP contribution in [-0.2, 0) is 10.0 Å². The number of aromatic nitrogens is 2. The summed E-state index contributed by atoms with van der Waals surface area (Å²) < 4.78 is 26.6. The topological polar surface area (TPSA) is 112 Å². The van der Waals surface area contributed by atoms with Gasteiger partial charge >= 0.3 is 5.97 Å². The van der Waals surface area contributed by atoms with Crippen molar-refractivity contribution in [3.8, 4) is 0 Å². The first kappa shape index (κ1) is 13.6. The van der Waals surface area contributed by atoms with Crippen molar-refractivity contribution in [1.82, 2.24) is 10.2 Å². The number of halogens is 1. The number of H-pyrrole nitrogens is 1. The molecule has 0 saturated heterocycles. The number of carbonyl (C=O) groups is 1. The van der Waals surface area contributed by atoms with Gasteiger partial charge in [-0.25, -0.2) is 4.79 Å². The molecular formula is C10H8BrN3O4S. The zero-order valence-corrected chi connectivity index (χ0v) is 11.7. The van der Waals surface area contributed by atoms with Crippen molar-refractivity contribution in [1.29, 1.82) is 0 Å². The van der Waals surface area contributed by atoms with Gasteiger partial charge in [-0.1, -0.05) is 0 Å². The Morgan fingerprint density at radius 1 is 1.37 bits per heavy atom. The molecule has 0 aliphatic heterocycles. The lowest BCUT2D eigenvalue weighted by Crippen LogP contribution is -2.14. The standard InChI is InChI=1S/C10H8BrN3O4S/c11-7-2-1-6(10(15)16)5-8(7)14-19(17,18)9-3-4-12-13-9/h1-5,14H,(H,12,13)(H,15,16). The molecule has 1 heterocycles. The van der Waals surface area contributed by atoms with Crippen LogP contribution in [0, 0.1) is 0 Å². The molecule has 9 heteroatoms. The largest absolute Gasteiger partial charge is 0.478 e. The highest BCUT2D eigenvalue weighted by atomic mass is 79.9. The number of sulfonamides is 1. The van der Waals surface area contributed by atoms with Gasteiger partial charge in [0.15, 0.2) is 5.03 Å². The molecule has 7 nitrogen and oxygen atoms in total. The zero-order valence-electron chi connectivity index (χ0n) is 9.29. The molecule has 0 fully saturated rings. The highest BCUT2D eigenvalue weighted by molar-refractivity contribution is 9.10. The minimum atomic E-state index is -3.83. The summed E-state index contributed by atoms with van der Waals surface area (Å²) in [5.41, 5.74) is 0.111. The van der Waals surface area contributed by atoms with Crippen molar-refractivity contribution in [3.05, 3.63) is 40.5 Å². The monoisotopic (exact) mass is 345 g/mol. The number of benzene rings is 1. The molecule has 0 saturated carbocycles. The summed E-state index contributed by atoms with van der Waals surface area (Å²) in [6, 6.07) is 5.33. The summed E-state index contributed by atoms with van der Waals surface area (Å²) in [6.45, 7) is 0. The number of anilines is 1. The summed E-state index contributed by atoms with van der Waals surface area (Å²) >= 11 is 3.15. The first-order valence-electron chi connectivity index (χ1n) is 4.95. The lowest BCUT2D eigenvalue weighted by atomic mass is 10.2. The number of nitrogens with one attached hydrogen (secondary N) is 2. The van der Waals surface area contributed by atoms with Crippen molar-refractivity contribution >= 4 is 37.6 Å². The van der Waals surface area contributed by atoms with Crippen molar-refractivity contribution < 1.29 is 18.3 Å². The van der Waals surface area contributed by atoms with Crippen LogP contribution in [0.3, 0.4) is 0 Å². The van der Waals surface area contributed by atoms with E-state index in [0.717, 1.165) is 0 Å². The number of aromatic amines is 1. The maximum atomic E-state index is 11.9. The first-order valence-corrected chi connectivity index (χ1v) is 7.23. The average molecular weight is 346 g/mol. The molecule has 0 unspecified atom stereocenters. The third-order valence-corrected chi connectivity index (χ3v) is 4.21. The molecule has 19 heavy (non-hydrogen) atoms. The van der Waals surface area contributed by atoms with Crippen LogP contribution in [-0.4, -0.2) is 29.7 Å². The molecule has 100 valence electrons. The summed E-state index contributed by atoms with van der Waals surface area (Å²) in [7, 11) is -3.83. The van der Waals surface area contributed by atoms with E-state index >= 15 is 0 Å². The molecule has 3 N–H and O–H groups in total. The molecule has 0 radical (unpaired) electrons. The minimum Gasteiger partial charge on any atom is -0.478 e. The molecule has 0 amide bonds. The molecule has 0 aliphatic rings. The lowest BCUT2D eigenvalue weighted by molar-refractivity contribution is 0.0697. The Labute approximate surface area is 116 Å². The smallest absolute Gasteiger partial charge is 0.335 e. The lowest BCUT2D eigenvalue weighted by Gasteiger charge is -2.09. The first-order chi connectivity index (χ1) is 8.90. The molecule has 0 atom stereocenters. The Hall–Kier alpha value is -1.87. The van der Waals surface area contributed by atoms with E-state index in [2.05, 4.69) is 30.8 Å². The summed E-state index contributed by atoms with van der Waals surface area (Å²) in [5.74, 6) is -1.14. The van der Waals surface area contributed by atoms with Crippen LogP contribution >= 0.6 is 15.9 Å². The van der Waals surface area contributed by atoms with Gasteiger partial charge in [-0.3, -0.25) is 9.82 Å². The summed E-state index contributed by atoms with van der Waals surface area (Å²) in [6.07, 6.45) is 1.30. The fourth-order valence-corrected chi connectivity index (χ4v) is 2.79. The highest BCUT2D eigenvalue weighted by Gasteiger charge is 2.17. The van der Waals surface area contributed by atoms with Crippen LogP contribution in [0.25, 0.3) is 0 Å². The van der Waals surface area contributed by atoms with Crippen molar-refractivity contribution in [3.63, 3.8) is 0 Å². The summed E-state index contributed by atoms with van der Waals surface area (Å²) in [4.78, 5) is 10.9. The Morgan fingerprint density at radius 3 is 2.68 bits per heavy atom. The third kappa shape index (κ3) is 2.93. The van der Waals surface area contributed by atoms with E-state index in [1.54, 1.807) is 0 Å². The van der Waals surface area contributed by atoms with Gasteiger partial charge in [-0.05, 0) is 40.2 Å². The minimum absolute atomic E-state index is 0.0227. The predicted octanol–water partition coefficient (Wildman–Crippen LogP) is 1.67. The Kier molecular flexibility index (Phi) is 3.58. The number of hydrogen-bond donors (Lipinski definition) is 3. The van der Waals surface area contributed by atoms with Crippen LogP contribution in [0.4, 0.5) is 5.69 Å². The van der Waals surface area contributed by atoms with Crippen LogP contribution < -0.4 is 4.72 Å². The second kappa shape index (κ2) is 5.02. The number of carboxylic acid groups (broad SMARTS) is 1. The van der Waals surface area contributed by atoms with Gasteiger partial charge in [0.2, 0.25) is 0 Å². The molecular weight excluding hydrogens is 338 g/mol. The van der Waals surface area contributed by atoms with Gasteiger partial charge in [0.05, 0.1) is 17.4 Å². The van der Waals surface area contributed by atoms with Gasteiger partial charge in [-0.2, -0.15) is 13.5 Å². The zero-order chi connectivity index (χ0) is 14.0. The van der Waals surface area contributed by atoms with E-state index in [9.17, 15) is 13.2 Å². The molecule has 0 spiro atoms. The van der Waals surface area contributed by atoms with E-state index in [1.807, 2.05) is 0 Å². The van der Waals surface area contributed by atoms with Gasteiger partial charge < -0.3 is 5.11 Å². The van der Waals surface area contributed by atoms with Crippen LogP contribution in [0.5, 0.6) is 0 Å². The quantitative estimate of drug-likeness (QED) is 0.780. The highest BCUT2D eigenvalue weighted by Crippen LogP contribution is 2.25. The normalized spacial score (nSPS) is 11.2. The van der Waals surface area contributed by atoms with E-state index in [-0.39, 0.29) is 16.3 Å². The van der Waals surface area contributed by atoms with E-state index in [4.69, 9.17) is 5.11 Å². The fraction of sp³-hybridized carbons (Fsp3) is 0. The van der Waals surface area contributed by atoms with Gasteiger partial charge in [0.1, 0.15) is 0 Å². The molecule has 1 aromatic carbocycles. The summed E-state index contributed by atoms with van der Waals surface area (Å²) in [5, 5.41) is 14.6. The maximum absolute atomic E-state index is 11.9. The fourth-order valence-electron chi connectivity index (χ4n) is 1.33. The number of hydrogen-bond acceptors (Lipinski definition) is 4. The average Bonchev–Trinajstić information content (AvgIpc) is 2.85. The number of aromatic carboxylic acids is 1. The Balaban J connectivity index is 2.39. The van der Waals surface area contributed by atoms with Gasteiger partial charge in [0.25, 0.3) is 10.0 Å². The van der Waals surface area contributed by atoms with Crippen molar-refractivity contribution in [2.45, 2.75) is 5.03 Å².